The Balaban J connectivity index is 5.10. The highest BCUT2D eigenvalue weighted by Crippen LogP contribution is 2.66. The first-order chi connectivity index (χ1) is 6.20. The van der Waals surface area contributed by atoms with E-state index in [4.69, 9.17) is 4.52 Å². The van der Waals surface area contributed by atoms with E-state index in [1.807, 2.05) is 0 Å². The van der Waals surface area contributed by atoms with Gasteiger partial charge in [0.05, 0.1) is 6.61 Å². The van der Waals surface area contributed by atoms with Gasteiger partial charge in [-0.05, 0) is 6.92 Å². The van der Waals surface area contributed by atoms with Gasteiger partial charge in [0, 0.05) is 11.6 Å². The van der Waals surface area contributed by atoms with Gasteiger partial charge in [0.15, 0.2) is 0 Å². The van der Waals surface area contributed by atoms with Crippen molar-refractivity contribution in [1.29, 1.82) is 0 Å². The molecule has 0 aliphatic carbocycles. The van der Waals surface area contributed by atoms with Gasteiger partial charge in [-0.3, -0.25) is 4.57 Å². The number of hydrogen-bond acceptors (Lipinski definition) is 2. The number of hydrogen-bond donors (Lipinski definition) is 0. The predicted molar refractivity (Wildman–Crippen MR) is 54.2 cm³/mol. The lowest BCUT2D eigenvalue weighted by Crippen LogP contribution is -2.29. The maximum absolute atomic E-state index is 13.6. The van der Waals surface area contributed by atoms with Crippen LogP contribution in [-0.2, 0) is 9.09 Å². The Kier molecular flexibility index (Phi) is 4.73. The minimum absolute atomic E-state index is 0.0533. The van der Waals surface area contributed by atoms with E-state index in [2.05, 4.69) is 0 Å². The van der Waals surface area contributed by atoms with Gasteiger partial charge in [-0.25, -0.2) is 0 Å². The molecule has 1 atom stereocenters. The number of alkyl halides is 2. The zero-order valence-electron chi connectivity index (χ0n) is 9.38. The Hall–Kier alpha value is 0.0500. The van der Waals surface area contributed by atoms with Crippen LogP contribution in [0.15, 0.2) is 0 Å². The van der Waals surface area contributed by atoms with Crippen LogP contribution in [0, 0.1) is 5.92 Å². The molecule has 14 heavy (non-hydrogen) atoms. The second-order valence-corrected chi connectivity index (χ2v) is 6.93. The van der Waals surface area contributed by atoms with Gasteiger partial charge < -0.3 is 4.52 Å². The second-order valence-electron chi connectivity index (χ2n) is 3.85. The lowest BCUT2D eigenvalue weighted by molar-refractivity contribution is 0.0221. The Morgan fingerprint density at radius 3 is 1.93 bits per heavy atom. The Morgan fingerprint density at radius 1 is 1.29 bits per heavy atom. The molecule has 5 heteroatoms. The van der Waals surface area contributed by atoms with Crippen LogP contribution in [0.4, 0.5) is 8.78 Å². The van der Waals surface area contributed by atoms with Gasteiger partial charge in [-0.1, -0.05) is 27.7 Å². The van der Waals surface area contributed by atoms with Crippen LogP contribution < -0.4 is 0 Å². The topological polar surface area (TPSA) is 26.3 Å². The molecule has 1 unspecified atom stereocenters. The van der Waals surface area contributed by atoms with Crippen LogP contribution >= 0.6 is 7.37 Å². The fraction of sp³-hybridized carbons (Fsp3) is 1.00. The molecule has 86 valence electrons. The zero-order valence-corrected chi connectivity index (χ0v) is 10.3. The van der Waals surface area contributed by atoms with Gasteiger partial charge in [0.25, 0.3) is 7.37 Å². The fourth-order valence-electron chi connectivity index (χ4n) is 1.13. The summed E-state index contributed by atoms with van der Waals surface area (Å²) in [7, 11) is -3.88. The molecule has 0 aromatic rings. The van der Waals surface area contributed by atoms with Crippen molar-refractivity contribution < 1.29 is 17.9 Å². The van der Waals surface area contributed by atoms with E-state index < -0.39 is 24.6 Å². The molecule has 0 spiro atoms. The molecule has 0 aliphatic heterocycles. The van der Waals surface area contributed by atoms with Gasteiger partial charge >= 0.3 is 5.66 Å². The summed E-state index contributed by atoms with van der Waals surface area (Å²) in [6, 6.07) is 0. The van der Waals surface area contributed by atoms with Crippen molar-refractivity contribution in [3.8, 4) is 0 Å². The molecule has 0 heterocycles. The highest BCUT2D eigenvalue weighted by atomic mass is 31.2. The van der Waals surface area contributed by atoms with Gasteiger partial charge in [-0.15, -0.1) is 0 Å². The molecule has 0 aliphatic rings. The summed E-state index contributed by atoms with van der Waals surface area (Å²) in [5.41, 5.74) is -3.89. The van der Waals surface area contributed by atoms with Crippen molar-refractivity contribution in [2.24, 2.45) is 5.92 Å². The van der Waals surface area contributed by atoms with E-state index in [9.17, 15) is 13.3 Å². The van der Waals surface area contributed by atoms with Crippen molar-refractivity contribution in [2.75, 3.05) is 6.61 Å². The molecule has 0 aromatic carbocycles. The normalized spacial score (nSPS) is 17.5. The third kappa shape index (κ3) is 2.34. The quantitative estimate of drug-likeness (QED) is 0.666. The molecule has 0 saturated heterocycles. The predicted octanol–water partition coefficient (Wildman–Crippen LogP) is 3.96. The van der Waals surface area contributed by atoms with Crippen LogP contribution in [-0.4, -0.2) is 17.9 Å². The van der Waals surface area contributed by atoms with Crippen LogP contribution in [0.2, 0.25) is 0 Å². The average Bonchev–Trinajstić information content (AvgIpc) is 2.03. The highest BCUT2D eigenvalue weighted by Gasteiger charge is 2.55. The maximum atomic E-state index is 13.6. The van der Waals surface area contributed by atoms with E-state index in [1.165, 1.54) is 27.7 Å². The van der Waals surface area contributed by atoms with Crippen LogP contribution in [0.25, 0.3) is 0 Å². The molecule has 0 rings (SSSR count). The third-order valence-corrected chi connectivity index (χ3v) is 5.46. The van der Waals surface area contributed by atoms with Gasteiger partial charge in [0.1, 0.15) is 0 Å². The summed E-state index contributed by atoms with van der Waals surface area (Å²) in [6.07, 6.45) is 0. The number of halogens is 2. The van der Waals surface area contributed by atoms with E-state index in [-0.39, 0.29) is 6.61 Å². The van der Waals surface area contributed by atoms with Gasteiger partial charge in [-0.2, -0.15) is 8.78 Å². The first-order valence-corrected chi connectivity index (χ1v) is 6.51. The van der Waals surface area contributed by atoms with Crippen molar-refractivity contribution >= 4 is 7.37 Å². The summed E-state index contributed by atoms with van der Waals surface area (Å²) in [5, 5.41) is 0. The lowest BCUT2D eigenvalue weighted by atomic mass is 10.2. The number of rotatable bonds is 5. The van der Waals surface area contributed by atoms with Crippen molar-refractivity contribution in [2.45, 2.75) is 45.9 Å². The maximum Gasteiger partial charge on any atom is 0.324 e. The molecule has 0 saturated carbocycles. The first kappa shape index (κ1) is 14.1. The summed E-state index contributed by atoms with van der Waals surface area (Å²) in [4.78, 5) is 0. The molecule has 0 aromatic heterocycles. The first-order valence-electron chi connectivity index (χ1n) is 4.82. The lowest BCUT2D eigenvalue weighted by Gasteiger charge is -2.32. The standard InChI is InChI=1S/C9H19F2O2P/c1-6-13-14(12,8(4)5)9(10,11)7(2)3/h7-8H,6H2,1-5H3. The largest absolute Gasteiger partial charge is 0.325 e. The Morgan fingerprint density at radius 2 is 1.71 bits per heavy atom. The fourth-order valence-corrected chi connectivity index (χ4v) is 3.39. The van der Waals surface area contributed by atoms with E-state index in [1.54, 1.807) is 6.92 Å². The minimum Gasteiger partial charge on any atom is -0.325 e. The Labute approximate surface area is 84.5 Å². The molecule has 0 fully saturated rings. The molecule has 0 radical (unpaired) electrons. The minimum atomic E-state index is -3.88. The SMILES string of the molecule is CCOP(=O)(C(C)C)C(F)(F)C(C)C. The van der Waals surface area contributed by atoms with Crippen LogP contribution in [0.5, 0.6) is 0 Å². The third-order valence-electron chi connectivity index (χ3n) is 2.11. The van der Waals surface area contributed by atoms with Crippen molar-refractivity contribution in [3.05, 3.63) is 0 Å². The molecular weight excluding hydrogens is 209 g/mol. The zero-order chi connectivity index (χ0) is 11.6. The molecular formula is C9H19F2O2P. The molecule has 0 N–H and O–H groups in total. The molecule has 0 amide bonds. The van der Waals surface area contributed by atoms with Crippen molar-refractivity contribution in [1.82, 2.24) is 0 Å². The highest BCUT2D eigenvalue weighted by molar-refractivity contribution is 7.60. The van der Waals surface area contributed by atoms with E-state index in [0.717, 1.165) is 0 Å². The summed E-state index contributed by atoms with van der Waals surface area (Å²) in [5.74, 6) is -0.970. The second kappa shape index (κ2) is 4.71. The average molecular weight is 228 g/mol. The molecule has 0 bridgehead atoms. The summed E-state index contributed by atoms with van der Waals surface area (Å²) in [6.45, 7) is 7.35. The van der Waals surface area contributed by atoms with Crippen molar-refractivity contribution in [3.63, 3.8) is 0 Å². The van der Waals surface area contributed by atoms with Crippen LogP contribution in [0.3, 0.4) is 0 Å². The summed E-state index contributed by atoms with van der Waals surface area (Å²) >= 11 is 0. The van der Waals surface area contributed by atoms with Crippen LogP contribution in [0.1, 0.15) is 34.6 Å². The summed E-state index contributed by atoms with van der Waals surface area (Å²) < 4.78 is 44.1. The molecule has 2 nitrogen and oxygen atoms in total. The van der Waals surface area contributed by atoms with E-state index >= 15 is 0 Å². The smallest absolute Gasteiger partial charge is 0.324 e. The van der Waals surface area contributed by atoms with E-state index in [0.29, 0.717) is 0 Å². The van der Waals surface area contributed by atoms with Gasteiger partial charge in [0.2, 0.25) is 0 Å². The monoisotopic (exact) mass is 228 g/mol. The Bertz CT molecular complexity index is 227.